The third-order valence-electron chi connectivity index (χ3n) is 4.35. The van der Waals surface area contributed by atoms with Crippen molar-refractivity contribution in [2.75, 3.05) is 19.8 Å². The van der Waals surface area contributed by atoms with Crippen molar-refractivity contribution in [1.29, 1.82) is 0 Å². The van der Waals surface area contributed by atoms with Crippen LogP contribution in [0, 0.1) is 6.92 Å². The molecule has 0 unspecified atom stereocenters. The molecule has 0 bridgehead atoms. The minimum atomic E-state index is -3.95. The Bertz CT molecular complexity index is 819. The smallest absolute Gasteiger partial charge is 0.297 e. The van der Waals surface area contributed by atoms with E-state index in [2.05, 4.69) is 10.0 Å². The van der Waals surface area contributed by atoms with E-state index in [1.807, 2.05) is 6.92 Å². The quantitative estimate of drug-likeness (QED) is 0.322. The van der Waals surface area contributed by atoms with Gasteiger partial charge in [0.2, 0.25) is 0 Å². The first kappa shape index (κ1) is 19.1. The van der Waals surface area contributed by atoms with Crippen molar-refractivity contribution in [2.45, 2.75) is 49.3 Å². The third kappa shape index (κ3) is 3.71. The summed E-state index contributed by atoms with van der Waals surface area (Å²) in [5.41, 5.74) is 8.38. The van der Waals surface area contributed by atoms with Gasteiger partial charge in [-0.25, -0.2) is 0 Å². The first-order valence-electron chi connectivity index (χ1n) is 8.14. The molecule has 1 aromatic carbocycles. The Morgan fingerprint density at radius 3 is 2.69 bits per heavy atom. The number of rotatable bonds is 6. The molecule has 2 aliphatic heterocycles. The SMILES string of the molecule is Cc1ccc(S(=O)(=O)OC[C@]23CO[C@H](CN=[N+]=[N-])[C@H]2OC(C)(C)O3)cc1. The van der Waals surface area contributed by atoms with E-state index in [0.717, 1.165) is 5.56 Å². The highest BCUT2D eigenvalue weighted by molar-refractivity contribution is 7.86. The number of azide groups is 1. The summed E-state index contributed by atoms with van der Waals surface area (Å²) >= 11 is 0. The zero-order valence-corrected chi connectivity index (χ0v) is 15.6. The van der Waals surface area contributed by atoms with Gasteiger partial charge in [0.05, 0.1) is 24.2 Å². The monoisotopic (exact) mass is 383 g/mol. The number of benzene rings is 1. The van der Waals surface area contributed by atoms with Gasteiger partial charge in [0.1, 0.15) is 18.3 Å². The van der Waals surface area contributed by atoms with Crippen LogP contribution in [0.15, 0.2) is 34.3 Å². The third-order valence-corrected chi connectivity index (χ3v) is 5.63. The summed E-state index contributed by atoms with van der Waals surface area (Å²) in [7, 11) is -3.95. The zero-order chi connectivity index (χ0) is 19.0. The predicted octanol–water partition coefficient (Wildman–Crippen LogP) is 2.30. The number of nitrogens with zero attached hydrogens (tertiary/aromatic N) is 3. The van der Waals surface area contributed by atoms with Gasteiger partial charge in [-0.2, -0.15) is 8.42 Å². The van der Waals surface area contributed by atoms with E-state index < -0.39 is 33.7 Å². The van der Waals surface area contributed by atoms with Crippen LogP contribution in [-0.4, -0.2) is 51.8 Å². The maximum atomic E-state index is 12.5. The van der Waals surface area contributed by atoms with E-state index in [1.54, 1.807) is 26.0 Å². The van der Waals surface area contributed by atoms with Gasteiger partial charge in [-0.1, -0.05) is 22.8 Å². The molecule has 10 heteroatoms. The molecular weight excluding hydrogens is 362 g/mol. The number of hydrogen-bond acceptors (Lipinski definition) is 7. The highest BCUT2D eigenvalue weighted by atomic mass is 32.2. The van der Waals surface area contributed by atoms with E-state index in [4.69, 9.17) is 23.9 Å². The fraction of sp³-hybridized carbons (Fsp3) is 0.625. The normalized spacial score (nSPS) is 30.0. The molecule has 0 aromatic heterocycles. The summed E-state index contributed by atoms with van der Waals surface area (Å²) < 4.78 is 47.7. The van der Waals surface area contributed by atoms with Gasteiger partial charge >= 0.3 is 0 Å². The van der Waals surface area contributed by atoms with Crippen molar-refractivity contribution in [3.8, 4) is 0 Å². The predicted molar refractivity (Wildman–Crippen MR) is 90.8 cm³/mol. The van der Waals surface area contributed by atoms with E-state index in [9.17, 15) is 8.42 Å². The Kier molecular flexibility index (Phi) is 5.00. The second-order valence-electron chi connectivity index (χ2n) is 6.90. The average Bonchev–Trinajstić information content (AvgIpc) is 3.02. The van der Waals surface area contributed by atoms with Crippen LogP contribution in [0.25, 0.3) is 10.4 Å². The van der Waals surface area contributed by atoms with E-state index >= 15 is 0 Å². The molecule has 26 heavy (non-hydrogen) atoms. The summed E-state index contributed by atoms with van der Waals surface area (Å²) in [5, 5.41) is 3.52. The van der Waals surface area contributed by atoms with Crippen LogP contribution >= 0.6 is 0 Å². The van der Waals surface area contributed by atoms with Crippen LogP contribution in [0.2, 0.25) is 0 Å². The zero-order valence-electron chi connectivity index (χ0n) is 14.8. The fourth-order valence-corrected chi connectivity index (χ4v) is 4.18. The van der Waals surface area contributed by atoms with E-state index in [1.165, 1.54) is 12.1 Å². The molecule has 9 nitrogen and oxygen atoms in total. The number of fused-ring (bicyclic) bond motifs is 1. The van der Waals surface area contributed by atoms with Crippen LogP contribution in [0.5, 0.6) is 0 Å². The number of aryl methyl sites for hydroxylation is 1. The first-order valence-corrected chi connectivity index (χ1v) is 9.55. The maximum absolute atomic E-state index is 12.5. The van der Waals surface area contributed by atoms with Crippen LogP contribution in [0.3, 0.4) is 0 Å². The standard InChI is InChI=1S/C16H21N3O6S/c1-11-4-6-12(7-5-11)26(20,21)23-10-16-9-22-13(8-18-19-17)14(16)24-15(2,3)25-16/h4-7,13-14H,8-10H2,1-3H3/t13-,14-,16-/m1/s1. The average molecular weight is 383 g/mol. The van der Waals surface area contributed by atoms with Gasteiger partial charge in [-0.3, -0.25) is 4.18 Å². The summed E-state index contributed by atoms with van der Waals surface area (Å²) in [4.78, 5) is 2.79. The summed E-state index contributed by atoms with van der Waals surface area (Å²) in [5.74, 6) is -0.931. The Hall–Kier alpha value is -1.68. The Labute approximate surface area is 151 Å². The Morgan fingerprint density at radius 2 is 2.04 bits per heavy atom. The van der Waals surface area contributed by atoms with Crippen molar-refractivity contribution in [3.05, 3.63) is 40.3 Å². The largest absolute Gasteiger partial charge is 0.372 e. The molecule has 2 aliphatic rings. The van der Waals surface area contributed by atoms with Gasteiger partial charge in [-0.15, -0.1) is 0 Å². The summed E-state index contributed by atoms with van der Waals surface area (Å²) in [6.45, 7) is 5.21. The molecule has 0 spiro atoms. The minimum Gasteiger partial charge on any atom is -0.372 e. The first-order chi connectivity index (χ1) is 12.2. The van der Waals surface area contributed by atoms with Gasteiger partial charge in [0, 0.05) is 4.91 Å². The molecule has 0 N–H and O–H groups in total. The molecule has 3 rings (SSSR count). The lowest BCUT2D eigenvalue weighted by atomic mass is 9.98. The lowest BCUT2D eigenvalue weighted by Gasteiger charge is -2.26. The minimum absolute atomic E-state index is 0.0626. The van der Waals surface area contributed by atoms with Crippen molar-refractivity contribution < 1.29 is 26.8 Å². The fourth-order valence-electron chi connectivity index (χ4n) is 3.22. The van der Waals surface area contributed by atoms with Gasteiger partial charge in [0.25, 0.3) is 10.1 Å². The molecule has 0 radical (unpaired) electrons. The molecular formula is C16H21N3O6S. The van der Waals surface area contributed by atoms with E-state index in [-0.39, 0.29) is 24.7 Å². The molecule has 2 saturated heterocycles. The van der Waals surface area contributed by atoms with Crippen molar-refractivity contribution in [3.63, 3.8) is 0 Å². The van der Waals surface area contributed by atoms with Gasteiger partial charge < -0.3 is 14.2 Å². The van der Waals surface area contributed by atoms with Crippen molar-refractivity contribution in [2.24, 2.45) is 5.11 Å². The highest BCUT2D eigenvalue weighted by Gasteiger charge is 2.61. The van der Waals surface area contributed by atoms with Gasteiger partial charge in [0.15, 0.2) is 5.79 Å². The lowest BCUT2D eigenvalue weighted by molar-refractivity contribution is -0.192. The van der Waals surface area contributed by atoms with Crippen LogP contribution < -0.4 is 0 Å². The molecule has 2 fully saturated rings. The molecule has 3 atom stereocenters. The summed E-state index contributed by atoms with van der Waals surface area (Å²) in [6.07, 6.45) is -1.13. The van der Waals surface area contributed by atoms with Gasteiger partial charge in [-0.05, 0) is 38.4 Å². The molecule has 1 aromatic rings. The topological polar surface area (TPSA) is 120 Å². The molecule has 2 heterocycles. The Balaban J connectivity index is 1.78. The molecule has 0 aliphatic carbocycles. The van der Waals surface area contributed by atoms with Crippen molar-refractivity contribution in [1.82, 2.24) is 0 Å². The second kappa shape index (κ2) is 6.80. The number of hydrogen-bond donors (Lipinski definition) is 0. The maximum Gasteiger partial charge on any atom is 0.297 e. The molecule has 0 amide bonds. The van der Waals surface area contributed by atoms with Crippen LogP contribution in [0.1, 0.15) is 19.4 Å². The second-order valence-corrected chi connectivity index (χ2v) is 8.51. The van der Waals surface area contributed by atoms with Crippen LogP contribution in [-0.2, 0) is 28.5 Å². The number of ether oxygens (including phenoxy) is 3. The summed E-state index contributed by atoms with van der Waals surface area (Å²) in [6, 6.07) is 6.38. The Morgan fingerprint density at radius 1 is 1.35 bits per heavy atom. The molecule has 142 valence electrons. The van der Waals surface area contributed by atoms with Crippen LogP contribution in [0.4, 0.5) is 0 Å². The lowest BCUT2D eigenvalue weighted by Crippen LogP contribution is -2.46. The highest BCUT2D eigenvalue weighted by Crippen LogP contribution is 2.44. The molecule has 0 saturated carbocycles. The van der Waals surface area contributed by atoms with E-state index in [0.29, 0.717) is 0 Å². The van der Waals surface area contributed by atoms with Crippen molar-refractivity contribution >= 4 is 10.1 Å².